The molecule has 0 spiro atoms. The second-order valence-corrected chi connectivity index (χ2v) is 5.37. The Kier molecular flexibility index (Phi) is 3.24. The summed E-state index contributed by atoms with van der Waals surface area (Å²) in [5.74, 6) is 0. The van der Waals surface area contributed by atoms with Gasteiger partial charge < -0.3 is 5.73 Å². The van der Waals surface area contributed by atoms with Crippen LogP contribution in [0.4, 0.5) is 0 Å². The smallest absolute Gasteiger partial charge is 0.0357 e. The molecule has 78 valence electrons. The van der Waals surface area contributed by atoms with Crippen LogP contribution < -0.4 is 5.73 Å². The van der Waals surface area contributed by atoms with E-state index >= 15 is 0 Å². The maximum atomic E-state index is 5.61. The van der Waals surface area contributed by atoms with Gasteiger partial charge in [0.05, 0.1) is 0 Å². The molecular weight excluding hydrogens is 270 g/mol. The minimum absolute atomic E-state index is 0.619. The first-order valence-electron chi connectivity index (χ1n) is 4.76. The lowest BCUT2D eigenvalue weighted by atomic mass is 10.1. The van der Waals surface area contributed by atoms with Crippen molar-refractivity contribution >= 4 is 27.3 Å². The third kappa shape index (κ3) is 2.14. The number of nitrogens with two attached hydrogens (primary N) is 1. The van der Waals surface area contributed by atoms with Gasteiger partial charge in [0, 0.05) is 26.3 Å². The topological polar surface area (TPSA) is 26.0 Å². The Balaban J connectivity index is 2.49. The summed E-state index contributed by atoms with van der Waals surface area (Å²) >= 11 is 5.38. The summed E-state index contributed by atoms with van der Waals surface area (Å²) in [6, 6.07) is 10.5. The molecule has 1 aromatic heterocycles. The molecule has 15 heavy (non-hydrogen) atoms. The van der Waals surface area contributed by atoms with Crippen LogP contribution in [0.15, 0.2) is 34.8 Å². The highest BCUT2D eigenvalue weighted by molar-refractivity contribution is 9.10. The molecule has 0 saturated heterocycles. The first-order chi connectivity index (χ1) is 7.22. The molecule has 0 bridgehead atoms. The second-order valence-electron chi connectivity index (χ2n) is 3.41. The predicted molar refractivity (Wildman–Crippen MR) is 70.1 cm³/mol. The van der Waals surface area contributed by atoms with Gasteiger partial charge in [-0.15, -0.1) is 11.3 Å². The van der Waals surface area contributed by atoms with Gasteiger partial charge in [0.2, 0.25) is 0 Å². The maximum absolute atomic E-state index is 5.61. The zero-order chi connectivity index (χ0) is 10.8. The predicted octanol–water partition coefficient (Wildman–Crippen LogP) is 3.94. The molecular formula is C12H12BrNS. The summed E-state index contributed by atoms with van der Waals surface area (Å²) in [6.07, 6.45) is 0. The fraction of sp³-hybridized carbons (Fsp3) is 0.167. The van der Waals surface area contributed by atoms with Crippen LogP contribution in [-0.4, -0.2) is 0 Å². The number of halogens is 1. The van der Waals surface area contributed by atoms with Crippen LogP contribution in [0.5, 0.6) is 0 Å². The van der Waals surface area contributed by atoms with Crippen LogP contribution in [-0.2, 0) is 6.54 Å². The molecule has 3 heteroatoms. The fourth-order valence-electron chi connectivity index (χ4n) is 1.47. The molecule has 0 amide bonds. The van der Waals surface area contributed by atoms with Crippen LogP contribution in [0, 0.1) is 6.92 Å². The van der Waals surface area contributed by atoms with Crippen molar-refractivity contribution in [3.63, 3.8) is 0 Å². The molecule has 2 rings (SSSR count). The lowest BCUT2D eigenvalue weighted by molar-refractivity contribution is 1.11. The standard InChI is InChI=1S/C12H12BrNS/c1-8-3-2-4-10(12(8)13)11-6-5-9(7-14)15-11/h2-6H,7,14H2,1H3. The quantitative estimate of drug-likeness (QED) is 0.887. The van der Waals surface area contributed by atoms with E-state index in [9.17, 15) is 0 Å². The molecule has 2 aromatic rings. The second kappa shape index (κ2) is 4.47. The van der Waals surface area contributed by atoms with E-state index in [0.29, 0.717) is 6.54 Å². The van der Waals surface area contributed by atoms with E-state index in [2.05, 4.69) is 53.2 Å². The Labute approximate surface area is 102 Å². The Hall–Kier alpha value is -0.640. The number of rotatable bonds is 2. The fourth-order valence-corrected chi connectivity index (χ4v) is 3.00. The van der Waals surface area contributed by atoms with E-state index in [1.165, 1.54) is 25.4 Å². The molecule has 1 aromatic carbocycles. The summed E-state index contributed by atoms with van der Waals surface area (Å²) in [4.78, 5) is 2.49. The molecule has 1 nitrogen and oxygen atoms in total. The van der Waals surface area contributed by atoms with Crippen LogP contribution in [0.25, 0.3) is 10.4 Å². The van der Waals surface area contributed by atoms with Gasteiger partial charge in [-0.3, -0.25) is 0 Å². The number of benzene rings is 1. The molecule has 0 atom stereocenters. The lowest BCUT2D eigenvalue weighted by Gasteiger charge is -2.04. The highest BCUT2D eigenvalue weighted by Gasteiger charge is 2.07. The molecule has 1 heterocycles. The van der Waals surface area contributed by atoms with Gasteiger partial charge in [0.15, 0.2) is 0 Å². The van der Waals surface area contributed by atoms with Gasteiger partial charge in [0.1, 0.15) is 0 Å². The maximum Gasteiger partial charge on any atom is 0.0357 e. The van der Waals surface area contributed by atoms with E-state index in [0.717, 1.165) is 0 Å². The molecule has 0 unspecified atom stereocenters. The minimum atomic E-state index is 0.619. The van der Waals surface area contributed by atoms with Crippen molar-refractivity contribution in [3.05, 3.63) is 45.2 Å². The average molecular weight is 282 g/mol. The van der Waals surface area contributed by atoms with Crippen molar-refractivity contribution in [3.8, 4) is 10.4 Å². The lowest BCUT2D eigenvalue weighted by Crippen LogP contribution is -1.91. The molecule has 0 aliphatic carbocycles. The zero-order valence-electron chi connectivity index (χ0n) is 8.46. The Bertz CT molecular complexity index is 476. The summed E-state index contributed by atoms with van der Waals surface area (Å²) in [6.45, 7) is 2.72. The van der Waals surface area contributed by atoms with Crippen LogP contribution in [0.1, 0.15) is 10.4 Å². The molecule has 0 radical (unpaired) electrons. The number of hydrogen-bond acceptors (Lipinski definition) is 2. The third-order valence-electron chi connectivity index (χ3n) is 2.32. The van der Waals surface area contributed by atoms with Crippen molar-refractivity contribution in [2.24, 2.45) is 5.73 Å². The molecule has 0 saturated carbocycles. The Morgan fingerprint density at radius 1 is 1.27 bits per heavy atom. The summed E-state index contributed by atoms with van der Waals surface area (Å²) < 4.78 is 1.18. The van der Waals surface area contributed by atoms with E-state index in [4.69, 9.17) is 5.73 Å². The van der Waals surface area contributed by atoms with E-state index in [-0.39, 0.29) is 0 Å². The minimum Gasteiger partial charge on any atom is -0.326 e. The Morgan fingerprint density at radius 2 is 2.07 bits per heavy atom. The summed E-state index contributed by atoms with van der Waals surface area (Å²) in [5.41, 5.74) is 8.12. The largest absolute Gasteiger partial charge is 0.326 e. The van der Waals surface area contributed by atoms with E-state index in [1.807, 2.05) is 0 Å². The highest BCUT2D eigenvalue weighted by Crippen LogP contribution is 2.34. The number of thiophene rings is 1. The van der Waals surface area contributed by atoms with Crippen molar-refractivity contribution in [2.45, 2.75) is 13.5 Å². The first kappa shape index (κ1) is 10.9. The molecule has 0 aliphatic rings. The van der Waals surface area contributed by atoms with E-state index < -0.39 is 0 Å². The van der Waals surface area contributed by atoms with Crippen molar-refractivity contribution in [1.29, 1.82) is 0 Å². The van der Waals surface area contributed by atoms with Gasteiger partial charge in [-0.05, 0) is 40.5 Å². The van der Waals surface area contributed by atoms with Crippen LogP contribution >= 0.6 is 27.3 Å². The molecule has 2 N–H and O–H groups in total. The van der Waals surface area contributed by atoms with Gasteiger partial charge >= 0.3 is 0 Å². The van der Waals surface area contributed by atoms with Gasteiger partial charge in [-0.2, -0.15) is 0 Å². The molecule has 0 fully saturated rings. The normalized spacial score (nSPS) is 10.6. The van der Waals surface area contributed by atoms with E-state index in [1.54, 1.807) is 11.3 Å². The highest BCUT2D eigenvalue weighted by atomic mass is 79.9. The monoisotopic (exact) mass is 281 g/mol. The first-order valence-corrected chi connectivity index (χ1v) is 6.37. The van der Waals surface area contributed by atoms with Gasteiger partial charge in [-0.1, -0.05) is 18.2 Å². The number of aryl methyl sites for hydroxylation is 1. The number of hydrogen-bond donors (Lipinski definition) is 1. The average Bonchev–Trinajstić information content (AvgIpc) is 2.70. The van der Waals surface area contributed by atoms with Crippen molar-refractivity contribution in [1.82, 2.24) is 0 Å². The van der Waals surface area contributed by atoms with Crippen molar-refractivity contribution < 1.29 is 0 Å². The third-order valence-corrected chi connectivity index (χ3v) is 4.51. The van der Waals surface area contributed by atoms with Crippen LogP contribution in [0.2, 0.25) is 0 Å². The summed E-state index contributed by atoms with van der Waals surface area (Å²) in [7, 11) is 0. The zero-order valence-corrected chi connectivity index (χ0v) is 10.9. The SMILES string of the molecule is Cc1cccc(-c2ccc(CN)s2)c1Br. The molecule has 0 aliphatic heterocycles. The van der Waals surface area contributed by atoms with Crippen molar-refractivity contribution in [2.75, 3.05) is 0 Å². The van der Waals surface area contributed by atoms with Crippen LogP contribution in [0.3, 0.4) is 0 Å². The van der Waals surface area contributed by atoms with Gasteiger partial charge in [0.25, 0.3) is 0 Å². The van der Waals surface area contributed by atoms with Gasteiger partial charge in [-0.25, -0.2) is 0 Å². The summed E-state index contributed by atoms with van der Waals surface area (Å²) in [5, 5.41) is 0. The Morgan fingerprint density at radius 3 is 2.73 bits per heavy atom.